The molecule has 5 nitrogen and oxygen atoms in total. The zero-order valence-corrected chi connectivity index (χ0v) is 12.1. The fraction of sp³-hybridized carbons (Fsp3) is 0.357. The Balaban J connectivity index is 2.18. The fourth-order valence-corrected chi connectivity index (χ4v) is 2.12. The Morgan fingerprint density at radius 3 is 2.75 bits per heavy atom. The average molecular weight is 294 g/mol. The number of benzene rings is 1. The number of carbonyl (C=O) groups is 2. The van der Waals surface area contributed by atoms with Crippen molar-refractivity contribution >= 4 is 29.3 Å². The molecule has 20 heavy (non-hydrogen) atoms. The molecule has 1 aromatic carbocycles. The summed E-state index contributed by atoms with van der Waals surface area (Å²) >= 11 is 5.88. The molecule has 1 heterocycles. The molecular weight excluding hydrogens is 278 g/mol. The number of amidine groups is 1. The van der Waals surface area contributed by atoms with Gasteiger partial charge in [-0.3, -0.25) is 9.59 Å². The van der Waals surface area contributed by atoms with Crippen molar-refractivity contribution in [2.75, 3.05) is 6.54 Å². The van der Waals surface area contributed by atoms with Gasteiger partial charge >= 0.3 is 0 Å². The first-order chi connectivity index (χ1) is 9.47. The van der Waals surface area contributed by atoms with Gasteiger partial charge in [-0.25, -0.2) is 0 Å². The molecule has 0 spiro atoms. The van der Waals surface area contributed by atoms with Crippen molar-refractivity contribution in [1.82, 2.24) is 10.6 Å². The van der Waals surface area contributed by atoms with E-state index in [4.69, 9.17) is 11.6 Å². The lowest BCUT2D eigenvalue weighted by Gasteiger charge is -2.21. The summed E-state index contributed by atoms with van der Waals surface area (Å²) in [7, 11) is 0. The van der Waals surface area contributed by atoms with Crippen LogP contribution in [0.5, 0.6) is 0 Å². The van der Waals surface area contributed by atoms with Crippen LogP contribution in [0.2, 0.25) is 5.02 Å². The number of amides is 2. The number of rotatable bonds is 4. The standard InChI is InChI=1S/C14H16ClN3O2/c1-8(2)16-7-11-17-13(19)12(14(20)18-11)9-4-3-5-10(15)6-9/h3-6,8,12,16H,7H2,1-2H3,(H,17,18,19,20). The van der Waals surface area contributed by atoms with Crippen LogP contribution in [-0.2, 0) is 9.59 Å². The summed E-state index contributed by atoms with van der Waals surface area (Å²) in [5, 5.41) is 6.24. The van der Waals surface area contributed by atoms with E-state index < -0.39 is 11.8 Å². The van der Waals surface area contributed by atoms with Crippen molar-refractivity contribution in [2.45, 2.75) is 25.8 Å². The topological polar surface area (TPSA) is 70.6 Å². The molecule has 0 saturated heterocycles. The maximum atomic E-state index is 12.1. The molecule has 0 aromatic heterocycles. The lowest BCUT2D eigenvalue weighted by atomic mass is 9.96. The van der Waals surface area contributed by atoms with Crippen molar-refractivity contribution in [3.05, 3.63) is 34.9 Å². The predicted molar refractivity (Wildman–Crippen MR) is 77.9 cm³/mol. The molecule has 2 rings (SSSR count). The van der Waals surface area contributed by atoms with Gasteiger partial charge in [-0.15, -0.1) is 0 Å². The van der Waals surface area contributed by atoms with E-state index in [1.54, 1.807) is 24.3 Å². The van der Waals surface area contributed by atoms with Crippen LogP contribution in [0, 0.1) is 0 Å². The van der Waals surface area contributed by atoms with Gasteiger partial charge in [-0.05, 0) is 17.7 Å². The molecule has 0 radical (unpaired) electrons. The quantitative estimate of drug-likeness (QED) is 0.826. The minimum atomic E-state index is -0.920. The van der Waals surface area contributed by atoms with Crippen LogP contribution in [0.3, 0.4) is 0 Å². The van der Waals surface area contributed by atoms with E-state index in [2.05, 4.69) is 15.6 Å². The first-order valence-corrected chi connectivity index (χ1v) is 6.76. The Labute approximate surface area is 122 Å². The van der Waals surface area contributed by atoms with Gasteiger partial charge in [0.05, 0.1) is 6.54 Å². The van der Waals surface area contributed by atoms with Gasteiger partial charge in [0.2, 0.25) is 5.91 Å². The maximum absolute atomic E-state index is 12.1. The molecule has 0 bridgehead atoms. The predicted octanol–water partition coefficient (Wildman–Crippen LogP) is 1.48. The molecule has 0 saturated carbocycles. The Kier molecular flexibility index (Phi) is 4.52. The van der Waals surface area contributed by atoms with Gasteiger partial charge in [0.1, 0.15) is 11.8 Å². The van der Waals surface area contributed by atoms with Gasteiger partial charge in [0.25, 0.3) is 5.91 Å². The second-order valence-corrected chi connectivity index (χ2v) is 5.35. The zero-order valence-electron chi connectivity index (χ0n) is 11.3. The first kappa shape index (κ1) is 14.7. The molecule has 1 aliphatic heterocycles. The molecule has 2 N–H and O–H groups in total. The van der Waals surface area contributed by atoms with E-state index >= 15 is 0 Å². The van der Waals surface area contributed by atoms with Gasteiger partial charge in [0.15, 0.2) is 0 Å². The average Bonchev–Trinajstić information content (AvgIpc) is 2.35. The molecular formula is C14H16ClN3O2. The van der Waals surface area contributed by atoms with Crippen molar-refractivity contribution < 1.29 is 9.59 Å². The second kappa shape index (κ2) is 6.15. The molecule has 1 atom stereocenters. The van der Waals surface area contributed by atoms with Crippen LogP contribution >= 0.6 is 11.6 Å². The highest BCUT2D eigenvalue weighted by molar-refractivity contribution is 6.30. The monoisotopic (exact) mass is 293 g/mol. The minimum Gasteiger partial charge on any atom is -0.312 e. The van der Waals surface area contributed by atoms with Crippen LogP contribution in [-0.4, -0.2) is 30.2 Å². The van der Waals surface area contributed by atoms with Crippen LogP contribution in [0.1, 0.15) is 25.3 Å². The lowest BCUT2D eigenvalue weighted by molar-refractivity contribution is -0.129. The highest BCUT2D eigenvalue weighted by Gasteiger charge is 2.33. The summed E-state index contributed by atoms with van der Waals surface area (Å²) < 4.78 is 0. The lowest BCUT2D eigenvalue weighted by Crippen LogP contribution is -2.47. The number of hydrogen-bond acceptors (Lipinski definition) is 3. The Bertz CT molecular complexity index is 569. The third kappa shape index (κ3) is 3.43. The SMILES string of the molecule is CC(C)NCC1=NC(=O)C(c2cccc(Cl)c2)C(=O)N1. The van der Waals surface area contributed by atoms with E-state index in [-0.39, 0.29) is 11.9 Å². The van der Waals surface area contributed by atoms with E-state index in [9.17, 15) is 9.59 Å². The van der Waals surface area contributed by atoms with E-state index in [0.29, 0.717) is 23.0 Å². The number of aliphatic imine (C=N–C) groups is 1. The Morgan fingerprint density at radius 2 is 2.15 bits per heavy atom. The summed E-state index contributed by atoms with van der Waals surface area (Å²) in [4.78, 5) is 28.1. The largest absolute Gasteiger partial charge is 0.312 e. The summed E-state index contributed by atoms with van der Waals surface area (Å²) in [6.07, 6.45) is 0. The van der Waals surface area contributed by atoms with Crippen molar-refractivity contribution in [3.8, 4) is 0 Å². The molecule has 106 valence electrons. The number of halogens is 1. The van der Waals surface area contributed by atoms with Gasteiger partial charge < -0.3 is 10.6 Å². The number of carbonyl (C=O) groups excluding carboxylic acids is 2. The smallest absolute Gasteiger partial charge is 0.264 e. The zero-order chi connectivity index (χ0) is 14.7. The molecule has 6 heteroatoms. The Hall–Kier alpha value is -1.72. The van der Waals surface area contributed by atoms with Gasteiger partial charge in [-0.2, -0.15) is 4.99 Å². The number of nitrogens with zero attached hydrogens (tertiary/aromatic N) is 1. The van der Waals surface area contributed by atoms with Crippen LogP contribution in [0.25, 0.3) is 0 Å². The molecule has 1 aromatic rings. The van der Waals surface area contributed by atoms with E-state index in [0.717, 1.165) is 0 Å². The molecule has 2 amide bonds. The molecule has 0 fully saturated rings. The molecule has 1 unspecified atom stereocenters. The van der Waals surface area contributed by atoms with Crippen LogP contribution < -0.4 is 10.6 Å². The van der Waals surface area contributed by atoms with Gasteiger partial charge in [-0.1, -0.05) is 37.6 Å². The normalized spacial score (nSPS) is 19.0. The van der Waals surface area contributed by atoms with Crippen molar-refractivity contribution in [1.29, 1.82) is 0 Å². The second-order valence-electron chi connectivity index (χ2n) is 4.91. The molecule has 0 aliphatic carbocycles. The van der Waals surface area contributed by atoms with E-state index in [1.807, 2.05) is 13.8 Å². The number of hydrogen-bond donors (Lipinski definition) is 2. The Morgan fingerprint density at radius 1 is 1.40 bits per heavy atom. The third-order valence-electron chi connectivity index (χ3n) is 2.88. The number of nitrogens with one attached hydrogen (secondary N) is 2. The highest BCUT2D eigenvalue weighted by atomic mass is 35.5. The minimum absolute atomic E-state index is 0.246. The molecule has 1 aliphatic rings. The van der Waals surface area contributed by atoms with Crippen LogP contribution in [0.15, 0.2) is 29.3 Å². The van der Waals surface area contributed by atoms with Crippen LogP contribution in [0.4, 0.5) is 0 Å². The first-order valence-electron chi connectivity index (χ1n) is 6.38. The van der Waals surface area contributed by atoms with Crippen molar-refractivity contribution in [3.63, 3.8) is 0 Å². The fourth-order valence-electron chi connectivity index (χ4n) is 1.92. The highest BCUT2D eigenvalue weighted by Crippen LogP contribution is 2.23. The summed E-state index contributed by atoms with van der Waals surface area (Å²) in [6, 6.07) is 6.95. The van der Waals surface area contributed by atoms with Gasteiger partial charge in [0, 0.05) is 11.1 Å². The third-order valence-corrected chi connectivity index (χ3v) is 3.12. The summed E-state index contributed by atoms with van der Waals surface area (Å²) in [5.74, 6) is -1.40. The summed E-state index contributed by atoms with van der Waals surface area (Å²) in [5.41, 5.74) is 0.555. The summed E-state index contributed by atoms with van der Waals surface area (Å²) in [6.45, 7) is 4.31. The maximum Gasteiger partial charge on any atom is 0.264 e. The van der Waals surface area contributed by atoms with Crippen molar-refractivity contribution in [2.24, 2.45) is 4.99 Å². The van der Waals surface area contributed by atoms with E-state index in [1.165, 1.54) is 0 Å².